The maximum atomic E-state index is 12.8. The summed E-state index contributed by atoms with van der Waals surface area (Å²) >= 11 is 0. The van der Waals surface area contributed by atoms with E-state index < -0.39 is 5.54 Å². The third kappa shape index (κ3) is 3.72. The fraction of sp³-hybridized carbons (Fsp3) is 0.688. The van der Waals surface area contributed by atoms with Crippen molar-refractivity contribution < 1.29 is 14.3 Å². The summed E-state index contributed by atoms with van der Waals surface area (Å²) in [5.41, 5.74) is -0.731. The minimum absolute atomic E-state index is 0.0252. The number of ether oxygens (including phenoxy) is 1. The van der Waals surface area contributed by atoms with Crippen LogP contribution in [0, 0.1) is 5.92 Å². The van der Waals surface area contributed by atoms with E-state index in [1.165, 1.54) is 0 Å². The Bertz CT molecular complexity index is 519. The molecule has 1 aliphatic heterocycles. The van der Waals surface area contributed by atoms with Crippen LogP contribution in [0.3, 0.4) is 0 Å². The zero-order valence-corrected chi connectivity index (χ0v) is 14.1. The van der Waals surface area contributed by atoms with E-state index in [0.717, 1.165) is 0 Å². The van der Waals surface area contributed by atoms with Gasteiger partial charge < -0.3 is 15.0 Å². The first-order valence-corrected chi connectivity index (χ1v) is 8.07. The molecule has 0 bridgehead atoms. The normalized spacial score (nSPS) is 17.3. The molecule has 1 aliphatic rings. The first-order valence-electron chi connectivity index (χ1n) is 8.07. The minimum Gasteiger partial charge on any atom is -0.383 e. The Hall–Kier alpha value is -1.89. The van der Waals surface area contributed by atoms with Crippen molar-refractivity contribution in [1.29, 1.82) is 0 Å². The lowest BCUT2D eigenvalue weighted by Crippen LogP contribution is -2.56. The molecule has 7 nitrogen and oxygen atoms in total. The van der Waals surface area contributed by atoms with Gasteiger partial charge in [0, 0.05) is 45.1 Å². The molecule has 1 aromatic rings. The first-order chi connectivity index (χ1) is 11.0. The van der Waals surface area contributed by atoms with Gasteiger partial charge in [-0.2, -0.15) is 5.10 Å². The predicted molar refractivity (Wildman–Crippen MR) is 85.7 cm³/mol. The molecule has 0 aromatic carbocycles. The van der Waals surface area contributed by atoms with Gasteiger partial charge in [0.15, 0.2) is 0 Å². The van der Waals surface area contributed by atoms with Crippen molar-refractivity contribution in [3.8, 4) is 0 Å². The predicted octanol–water partition coefficient (Wildman–Crippen LogP) is 0.619. The molecule has 0 radical (unpaired) electrons. The number of likely N-dealkylation sites (tertiary alicyclic amines) is 1. The fourth-order valence-electron chi connectivity index (χ4n) is 2.98. The van der Waals surface area contributed by atoms with Gasteiger partial charge in [0.25, 0.3) is 0 Å². The van der Waals surface area contributed by atoms with Crippen LogP contribution >= 0.6 is 0 Å². The van der Waals surface area contributed by atoms with Crippen molar-refractivity contribution in [3.05, 3.63) is 18.5 Å². The van der Waals surface area contributed by atoms with Gasteiger partial charge in [-0.15, -0.1) is 0 Å². The molecule has 0 aliphatic carbocycles. The van der Waals surface area contributed by atoms with Gasteiger partial charge in [-0.3, -0.25) is 14.3 Å². The maximum absolute atomic E-state index is 12.8. The molecule has 1 aromatic heterocycles. The number of aromatic nitrogens is 2. The van der Waals surface area contributed by atoms with Crippen LogP contribution < -0.4 is 5.32 Å². The standard InChI is InChI=1S/C16H26N4O3/c1-13(2)14(21)19-10-5-16(6-11-19,20-9-4-7-18-20)15(22)17-8-12-23-3/h4,7,9,13H,5-6,8,10-12H2,1-3H3,(H,17,22). The van der Waals surface area contributed by atoms with E-state index in [4.69, 9.17) is 4.74 Å². The topological polar surface area (TPSA) is 76.5 Å². The summed E-state index contributed by atoms with van der Waals surface area (Å²) in [6.45, 7) is 5.86. The molecule has 0 spiro atoms. The van der Waals surface area contributed by atoms with Crippen molar-refractivity contribution in [2.45, 2.75) is 32.2 Å². The largest absolute Gasteiger partial charge is 0.383 e. The molecule has 1 fully saturated rings. The molecule has 7 heteroatoms. The molecule has 2 rings (SSSR count). The lowest BCUT2D eigenvalue weighted by atomic mass is 9.86. The Kier molecular flexibility index (Phi) is 5.76. The number of nitrogens with one attached hydrogen (secondary N) is 1. The van der Waals surface area contributed by atoms with Crippen LogP contribution in [0.4, 0.5) is 0 Å². The SMILES string of the molecule is COCCNC(=O)C1(n2cccn2)CCN(C(=O)C(C)C)CC1. The number of amides is 2. The molecule has 1 saturated heterocycles. The smallest absolute Gasteiger partial charge is 0.248 e. The average Bonchev–Trinajstić information content (AvgIpc) is 3.09. The van der Waals surface area contributed by atoms with Crippen LogP contribution in [-0.4, -0.2) is 59.8 Å². The molecule has 0 saturated carbocycles. The van der Waals surface area contributed by atoms with E-state index >= 15 is 0 Å². The Morgan fingerprint density at radius 2 is 2.04 bits per heavy atom. The third-order valence-electron chi connectivity index (χ3n) is 4.35. The summed E-state index contributed by atoms with van der Waals surface area (Å²) in [4.78, 5) is 26.8. The Balaban J connectivity index is 2.12. The molecule has 0 unspecified atom stereocenters. The monoisotopic (exact) mass is 322 g/mol. The number of rotatable bonds is 6. The summed E-state index contributed by atoms with van der Waals surface area (Å²) in [5, 5.41) is 7.21. The molecule has 128 valence electrons. The van der Waals surface area contributed by atoms with Gasteiger partial charge in [0.1, 0.15) is 5.54 Å². The van der Waals surface area contributed by atoms with E-state index in [2.05, 4.69) is 10.4 Å². The molecule has 23 heavy (non-hydrogen) atoms. The minimum atomic E-state index is -0.731. The average molecular weight is 322 g/mol. The second-order valence-electron chi connectivity index (χ2n) is 6.21. The van der Waals surface area contributed by atoms with Crippen molar-refractivity contribution in [3.63, 3.8) is 0 Å². The van der Waals surface area contributed by atoms with Crippen molar-refractivity contribution >= 4 is 11.8 Å². The number of hydrogen-bond acceptors (Lipinski definition) is 4. The lowest BCUT2D eigenvalue weighted by molar-refractivity contribution is -0.142. The van der Waals surface area contributed by atoms with Gasteiger partial charge in [0.05, 0.1) is 6.61 Å². The molecule has 2 amide bonds. The second-order valence-corrected chi connectivity index (χ2v) is 6.21. The Labute approximate surface area is 137 Å². The summed E-state index contributed by atoms with van der Waals surface area (Å²) in [6.07, 6.45) is 4.61. The molecular weight excluding hydrogens is 296 g/mol. The summed E-state index contributed by atoms with van der Waals surface area (Å²) < 4.78 is 6.72. The molecular formula is C16H26N4O3. The summed E-state index contributed by atoms with van der Waals surface area (Å²) in [5.74, 6) is 0.0523. The third-order valence-corrected chi connectivity index (χ3v) is 4.35. The number of piperidine rings is 1. The molecule has 1 N–H and O–H groups in total. The number of methoxy groups -OCH3 is 1. The van der Waals surface area contributed by atoms with Crippen LogP contribution in [0.2, 0.25) is 0 Å². The summed E-state index contributed by atoms with van der Waals surface area (Å²) in [6, 6.07) is 1.82. The zero-order chi connectivity index (χ0) is 16.9. The molecule has 0 atom stereocenters. The lowest BCUT2D eigenvalue weighted by Gasteiger charge is -2.41. The van der Waals surface area contributed by atoms with Gasteiger partial charge in [-0.1, -0.05) is 13.8 Å². The first kappa shape index (κ1) is 17.5. The number of carbonyl (C=O) groups excluding carboxylic acids is 2. The van der Waals surface area contributed by atoms with Crippen molar-refractivity contribution in [2.75, 3.05) is 33.4 Å². The van der Waals surface area contributed by atoms with Crippen LogP contribution in [-0.2, 0) is 19.9 Å². The van der Waals surface area contributed by atoms with Crippen LogP contribution in [0.5, 0.6) is 0 Å². The van der Waals surface area contributed by atoms with Crippen molar-refractivity contribution in [1.82, 2.24) is 20.0 Å². The highest BCUT2D eigenvalue weighted by atomic mass is 16.5. The van der Waals surface area contributed by atoms with Crippen LogP contribution in [0.25, 0.3) is 0 Å². The van der Waals surface area contributed by atoms with E-state index in [-0.39, 0.29) is 17.7 Å². The summed E-state index contributed by atoms with van der Waals surface area (Å²) in [7, 11) is 1.60. The molecule has 2 heterocycles. The van der Waals surface area contributed by atoms with E-state index in [1.807, 2.05) is 31.0 Å². The van der Waals surface area contributed by atoms with Gasteiger partial charge in [-0.05, 0) is 18.9 Å². The van der Waals surface area contributed by atoms with Crippen LogP contribution in [0.1, 0.15) is 26.7 Å². The quantitative estimate of drug-likeness (QED) is 0.779. The number of carbonyl (C=O) groups is 2. The second kappa shape index (κ2) is 7.59. The highest BCUT2D eigenvalue weighted by Gasteiger charge is 2.44. The fourth-order valence-corrected chi connectivity index (χ4v) is 2.98. The van der Waals surface area contributed by atoms with E-state index in [9.17, 15) is 9.59 Å². The van der Waals surface area contributed by atoms with E-state index in [1.54, 1.807) is 18.0 Å². The highest BCUT2D eigenvalue weighted by molar-refractivity contribution is 5.85. The maximum Gasteiger partial charge on any atom is 0.248 e. The number of hydrogen-bond donors (Lipinski definition) is 1. The Morgan fingerprint density at radius 3 is 2.57 bits per heavy atom. The Morgan fingerprint density at radius 1 is 1.35 bits per heavy atom. The van der Waals surface area contributed by atoms with E-state index in [0.29, 0.717) is 39.1 Å². The number of nitrogens with zero attached hydrogens (tertiary/aromatic N) is 3. The highest BCUT2D eigenvalue weighted by Crippen LogP contribution is 2.30. The zero-order valence-electron chi connectivity index (χ0n) is 14.1. The van der Waals surface area contributed by atoms with Gasteiger partial charge in [-0.25, -0.2) is 0 Å². The van der Waals surface area contributed by atoms with Crippen molar-refractivity contribution in [2.24, 2.45) is 5.92 Å². The van der Waals surface area contributed by atoms with Gasteiger partial charge in [0.2, 0.25) is 11.8 Å². The van der Waals surface area contributed by atoms with Crippen LogP contribution in [0.15, 0.2) is 18.5 Å². The van der Waals surface area contributed by atoms with Gasteiger partial charge >= 0.3 is 0 Å².